The Kier molecular flexibility index (Phi) is 4.83. The SMILES string of the molecule is N#Cc1c(-c2ccccc2)cccc1-c1ccccc1N1c2ccccc2Oc2ccccc21. The Bertz CT molecular complexity index is 1500. The van der Waals surface area contributed by atoms with Gasteiger partial charge in [0.1, 0.15) is 6.07 Å². The number of nitrogens with zero attached hydrogens (tertiary/aromatic N) is 2. The summed E-state index contributed by atoms with van der Waals surface area (Å²) in [6.45, 7) is 0. The van der Waals surface area contributed by atoms with Crippen molar-refractivity contribution < 1.29 is 4.74 Å². The van der Waals surface area contributed by atoms with Gasteiger partial charge in [-0.1, -0.05) is 91.0 Å². The maximum Gasteiger partial charge on any atom is 0.151 e. The van der Waals surface area contributed by atoms with Gasteiger partial charge in [-0.2, -0.15) is 5.26 Å². The van der Waals surface area contributed by atoms with Crippen LogP contribution in [0.5, 0.6) is 11.5 Å². The Hall–Kier alpha value is -4.81. The van der Waals surface area contributed by atoms with Crippen molar-refractivity contribution in [1.29, 1.82) is 5.26 Å². The molecule has 0 fully saturated rings. The van der Waals surface area contributed by atoms with E-state index in [1.807, 2.05) is 97.1 Å². The van der Waals surface area contributed by atoms with Crippen LogP contribution in [0.25, 0.3) is 22.3 Å². The van der Waals surface area contributed by atoms with Gasteiger partial charge in [-0.3, -0.25) is 0 Å². The second kappa shape index (κ2) is 8.27. The fourth-order valence-electron chi connectivity index (χ4n) is 4.62. The molecule has 3 heteroatoms. The summed E-state index contributed by atoms with van der Waals surface area (Å²) < 4.78 is 6.20. The van der Waals surface area contributed by atoms with Gasteiger partial charge in [0.05, 0.1) is 22.6 Å². The van der Waals surface area contributed by atoms with Gasteiger partial charge in [-0.25, -0.2) is 0 Å². The fraction of sp³-hybridized carbons (Fsp3) is 0. The molecule has 0 amide bonds. The highest BCUT2D eigenvalue weighted by Crippen LogP contribution is 2.52. The van der Waals surface area contributed by atoms with Gasteiger partial charge in [0.2, 0.25) is 0 Å². The topological polar surface area (TPSA) is 36.3 Å². The third-order valence-corrected chi connectivity index (χ3v) is 6.13. The van der Waals surface area contributed by atoms with Gasteiger partial charge in [0, 0.05) is 16.7 Å². The highest BCUT2D eigenvalue weighted by molar-refractivity contribution is 5.95. The molecule has 0 unspecified atom stereocenters. The Morgan fingerprint density at radius 1 is 0.500 bits per heavy atom. The van der Waals surface area contributed by atoms with Crippen LogP contribution in [0, 0.1) is 11.3 Å². The van der Waals surface area contributed by atoms with Gasteiger partial charge >= 0.3 is 0 Å². The van der Waals surface area contributed by atoms with Crippen LogP contribution in [-0.2, 0) is 0 Å². The number of hydrogen-bond acceptors (Lipinski definition) is 3. The summed E-state index contributed by atoms with van der Waals surface area (Å²) in [5, 5.41) is 10.3. The van der Waals surface area contributed by atoms with Gasteiger partial charge < -0.3 is 9.64 Å². The quantitative estimate of drug-likeness (QED) is 0.279. The van der Waals surface area contributed by atoms with Crippen molar-refractivity contribution in [3.05, 3.63) is 127 Å². The molecule has 0 spiro atoms. The van der Waals surface area contributed by atoms with Crippen LogP contribution >= 0.6 is 0 Å². The highest BCUT2D eigenvalue weighted by Gasteiger charge is 2.27. The molecule has 5 aromatic rings. The zero-order valence-corrected chi connectivity index (χ0v) is 18.3. The van der Waals surface area contributed by atoms with Gasteiger partial charge in [0.25, 0.3) is 0 Å². The van der Waals surface area contributed by atoms with Crippen molar-refractivity contribution in [2.75, 3.05) is 4.90 Å². The number of nitriles is 1. The number of fused-ring (bicyclic) bond motifs is 2. The Morgan fingerprint density at radius 3 is 1.71 bits per heavy atom. The number of para-hydroxylation sites is 5. The summed E-state index contributed by atoms with van der Waals surface area (Å²) in [6.07, 6.45) is 0. The molecule has 0 N–H and O–H groups in total. The van der Waals surface area contributed by atoms with Crippen LogP contribution in [0.15, 0.2) is 121 Å². The average Bonchev–Trinajstić information content (AvgIpc) is 2.91. The van der Waals surface area contributed by atoms with Crippen molar-refractivity contribution in [2.45, 2.75) is 0 Å². The summed E-state index contributed by atoms with van der Waals surface area (Å²) in [5.41, 5.74) is 7.43. The van der Waals surface area contributed by atoms with Crippen molar-refractivity contribution in [3.8, 4) is 39.8 Å². The van der Waals surface area contributed by atoms with Crippen LogP contribution in [0.2, 0.25) is 0 Å². The molecule has 6 rings (SSSR count). The molecule has 0 saturated carbocycles. The smallest absolute Gasteiger partial charge is 0.151 e. The van der Waals surface area contributed by atoms with Crippen LogP contribution in [-0.4, -0.2) is 0 Å². The third-order valence-electron chi connectivity index (χ3n) is 6.13. The molecule has 1 heterocycles. The fourth-order valence-corrected chi connectivity index (χ4v) is 4.62. The zero-order chi connectivity index (χ0) is 22.9. The summed E-state index contributed by atoms with van der Waals surface area (Å²) in [5.74, 6) is 1.60. The zero-order valence-electron chi connectivity index (χ0n) is 18.3. The number of benzene rings is 5. The second-order valence-electron chi connectivity index (χ2n) is 8.10. The number of rotatable bonds is 3. The van der Waals surface area contributed by atoms with Crippen molar-refractivity contribution in [2.24, 2.45) is 0 Å². The van der Waals surface area contributed by atoms with E-state index in [-0.39, 0.29) is 0 Å². The predicted octanol–water partition coefficient (Wildman–Crippen LogP) is 8.47. The molecule has 5 aromatic carbocycles. The summed E-state index contributed by atoms with van der Waals surface area (Å²) in [6, 6.07) is 43.0. The van der Waals surface area contributed by atoms with Crippen LogP contribution in [0.4, 0.5) is 17.1 Å². The standard InChI is InChI=1S/C31H20N2O/c32-21-26-23(22-11-2-1-3-12-22)14-10-15-24(26)25-13-4-5-16-27(25)33-28-17-6-8-19-30(28)34-31-20-9-7-18-29(31)33/h1-20H. The molecule has 0 aromatic heterocycles. The molecule has 1 aliphatic heterocycles. The molecule has 0 atom stereocenters. The van der Waals surface area contributed by atoms with E-state index in [1.165, 1.54) is 0 Å². The molecule has 160 valence electrons. The summed E-state index contributed by atoms with van der Waals surface area (Å²) in [4.78, 5) is 2.22. The first kappa shape index (κ1) is 19.8. The molecular formula is C31H20N2O. The maximum absolute atomic E-state index is 10.3. The number of anilines is 3. The van der Waals surface area contributed by atoms with Crippen LogP contribution in [0.1, 0.15) is 5.56 Å². The summed E-state index contributed by atoms with van der Waals surface area (Å²) in [7, 11) is 0. The molecule has 3 nitrogen and oxygen atoms in total. The normalized spacial score (nSPS) is 11.7. The number of ether oxygens (including phenoxy) is 1. The average molecular weight is 437 g/mol. The lowest BCUT2D eigenvalue weighted by atomic mass is 9.91. The van der Waals surface area contributed by atoms with E-state index in [1.54, 1.807) is 0 Å². The maximum atomic E-state index is 10.3. The van der Waals surface area contributed by atoms with Gasteiger partial charge in [-0.05, 0) is 35.9 Å². The lowest BCUT2D eigenvalue weighted by molar-refractivity contribution is 0.477. The van der Waals surface area contributed by atoms with Crippen molar-refractivity contribution >= 4 is 17.1 Å². The van der Waals surface area contributed by atoms with Crippen LogP contribution in [0.3, 0.4) is 0 Å². The lowest BCUT2D eigenvalue weighted by Gasteiger charge is -2.34. The van der Waals surface area contributed by atoms with E-state index in [2.05, 4.69) is 35.2 Å². The molecule has 1 aliphatic rings. The Labute approximate surface area is 198 Å². The largest absolute Gasteiger partial charge is 0.453 e. The summed E-state index contributed by atoms with van der Waals surface area (Å²) >= 11 is 0. The molecular weight excluding hydrogens is 416 g/mol. The minimum absolute atomic E-state index is 0.663. The third kappa shape index (κ3) is 3.21. The number of hydrogen-bond donors (Lipinski definition) is 0. The Balaban J connectivity index is 1.60. The van der Waals surface area contributed by atoms with E-state index in [9.17, 15) is 5.26 Å². The predicted molar refractivity (Wildman–Crippen MR) is 137 cm³/mol. The monoisotopic (exact) mass is 436 g/mol. The minimum atomic E-state index is 0.663. The van der Waals surface area contributed by atoms with E-state index in [0.717, 1.165) is 50.8 Å². The molecule has 0 aliphatic carbocycles. The molecule has 0 radical (unpaired) electrons. The van der Waals surface area contributed by atoms with E-state index in [4.69, 9.17) is 4.74 Å². The van der Waals surface area contributed by atoms with Crippen molar-refractivity contribution in [1.82, 2.24) is 0 Å². The first-order chi connectivity index (χ1) is 16.8. The minimum Gasteiger partial charge on any atom is -0.453 e. The molecule has 34 heavy (non-hydrogen) atoms. The van der Waals surface area contributed by atoms with Gasteiger partial charge in [-0.15, -0.1) is 0 Å². The van der Waals surface area contributed by atoms with E-state index >= 15 is 0 Å². The first-order valence-corrected chi connectivity index (χ1v) is 11.2. The van der Waals surface area contributed by atoms with E-state index < -0.39 is 0 Å². The lowest BCUT2D eigenvalue weighted by Crippen LogP contribution is -2.16. The van der Waals surface area contributed by atoms with E-state index in [0.29, 0.717) is 5.56 Å². The van der Waals surface area contributed by atoms with Crippen molar-refractivity contribution in [3.63, 3.8) is 0 Å². The highest BCUT2D eigenvalue weighted by atomic mass is 16.5. The molecule has 0 saturated heterocycles. The molecule has 0 bridgehead atoms. The second-order valence-corrected chi connectivity index (χ2v) is 8.10. The van der Waals surface area contributed by atoms with Crippen LogP contribution < -0.4 is 9.64 Å². The Morgan fingerprint density at radius 2 is 1.03 bits per heavy atom. The first-order valence-electron chi connectivity index (χ1n) is 11.2. The van der Waals surface area contributed by atoms with Gasteiger partial charge in [0.15, 0.2) is 11.5 Å².